The van der Waals surface area contributed by atoms with Crippen LogP contribution in [-0.4, -0.2) is 94.8 Å². The predicted molar refractivity (Wildman–Crippen MR) is 163 cm³/mol. The molecule has 19 heteroatoms. The van der Waals surface area contributed by atoms with E-state index in [1.807, 2.05) is 0 Å². The number of thiazole rings is 2. The summed E-state index contributed by atoms with van der Waals surface area (Å²) in [7, 11) is 1.25. The Hall–Kier alpha value is -4.33. The van der Waals surface area contributed by atoms with Crippen LogP contribution in [-0.2, 0) is 30.4 Å². The molecule has 2 atom stereocenters. The number of hydrogen-bond donors (Lipinski definition) is 6. The minimum absolute atomic E-state index is 0.137. The van der Waals surface area contributed by atoms with E-state index < -0.39 is 35.2 Å². The molecule has 0 spiro atoms. The summed E-state index contributed by atoms with van der Waals surface area (Å²) in [6.07, 6.45) is -0.335. The summed E-state index contributed by atoms with van der Waals surface area (Å²) in [5.74, 6) is -4.10. The molecule has 2 aliphatic rings. The number of hydrogen-bond acceptors (Lipinski definition) is 15. The van der Waals surface area contributed by atoms with Gasteiger partial charge in [0.15, 0.2) is 26.7 Å². The molecule has 0 unspecified atom stereocenters. The van der Waals surface area contributed by atoms with Crippen LogP contribution in [0.1, 0.15) is 10.6 Å². The largest absolute Gasteiger partial charge is 0.504 e. The minimum Gasteiger partial charge on any atom is -0.504 e. The number of oxime groups is 1. The van der Waals surface area contributed by atoms with Gasteiger partial charge in [0.25, 0.3) is 11.8 Å². The van der Waals surface area contributed by atoms with Crippen molar-refractivity contribution in [1.29, 1.82) is 0 Å². The van der Waals surface area contributed by atoms with Gasteiger partial charge in [0.2, 0.25) is 0 Å². The Bertz CT molecular complexity index is 1740. The first kappa shape index (κ1) is 31.1. The number of amides is 2. The number of phenols is 2. The van der Waals surface area contributed by atoms with Gasteiger partial charge in [-0.05, 0) is 23.8 Å². The van der Waals surface area contributed by atoms with Crippen molar-refractivity contribution in [3.63, 3.8) is 0 Å². The van der Waals surface area contributed by atoms with Crippen molar-refractivity contribution in [2.75, 3.05) is 24.3 Å². The summed E-state index contributed by atoms with van der Waals surface area (Å²) in [6.45, 7) is 0. The Labute approximate surface area is 264 Å². The molecule has 4 heterocycles. The number of nitrogens with two attached hydrogens (primary N) is 1. The number of aromatic hydroxyl groups is 2. The number of benzene rings is 1. The number of β-lactam (4-membered cyclic amide) rings is 1. The topological polar surface area (TPSA) is 238 Å². The number of anilines is 1. The zero-order valence-corrected chi connectivity index (χ0v) is 25.7. The van der Waals surface area contributed by atoms with Crippen LogP contribution >= 0.6 is 46.2 Å². The lowest BCUT2D eigenvalue weighted by molar-refractivity contribution is -0.150. The molecule has 1 aromatic carbocycles. The number of rotatable bonds is 11. The number of thioether (sulfide) groups is 2. The minimum atomic E-state index is -1.31. The molecule has 1 saturated heterocycles. The van der Waals surface area contributed by atoms with Gasteiger partial charge in [-0.3, -0.25) is 19.3 Å². The maximum Gasteiger partial charge on any atom is 0.352 e. The number of carboxylic acid groups (broad SMARTS) is 2. The standard InChI is InChI=1S/C25H22N6O9S4/c1-40-30-17(11-8-42-24(26)27-11)20(36)28-18-21(37)31-19(23(38)39)10(6-41-22(18)31)7-43-25-29-16(14(44-25)5-15(34)35)9-2-3-12(32)13(33)4-9/h2-4,8,18,22,32-33H,5-7H2,1H3,(H2,26,27)(H,28,36)(H,34,35)(H,38,39)/t18-,22-/m1/s1. The number of carbonyl (C=O) groups excluding carboxylic acids is 2. The smallest absolute Gasteiger partial charge is 0.352 e. The average molecular weight is 679 g/mol. The molecule has 0 bridgehead atoms. The van der Waals surface area contributed by atoms with Crippen LogP contribution in [0, 0.1) is 0 Å². The van der Waals surface area contributed by atoms with Gasteiger partial charge < -0.3 is 36.3 Å². The first-order valence-corrected chi connectivity index (χ1v) is 16.1. The van der Waals surface area contributed by atoms with E-state index in [4.69, 9.17) is 10.6 Å². The number of aliphatic carboxylic acids is 2. The Kier molecular flexibility index (Phi) is 9.00. The summed E-state index contributed by atoms with van der Waals surface area (Å²) >= 11 is 4.66. The summed E-state index contributed by atoms with van der Waals surface area (Å²) < 4.78 is 0.445. The molecule has 0 saturated carbocycles. The summed E-state index contributed by atoms with van der Waals surface area (Å²) in [6, 6.07) is 3.01. The van der Waals surface area contributed by atoms with Crippen LogP contribution in [0.25, 0.3) is 11.3 Å². The molecule has 1 fully saturated rings. The normalized spacial score (nSPS) is 18.1. The second-order valence-electron chi connectivity index (χ2n) is 9.13. The highest BCUT2D eigenvalue weighted by molar-refractivity contribution is 8.01. The van der Waals surface area contributed by atoms with Gasteiger partial charge in [-0.15, -0.1) is 34.4 Å². The third-order valence-corrected chi connectivity index (χ3v) is 10.6. The quantitative estimate of drug-likeness (QED) is 0.0557. The van der Waals surface area contributed by atoms with Crippen LogP contribution in [0.5, 0.6) is 11.5 Å². The molecule has 44 heavy (non-hydrogen) atoms. The van der Waals surface area contributed by atoms with Gasteiger partial charge in [-0.1, -0.05) is 16.9 Å². The monoisotopic (exact) mass is 678 g/mol. The summed E-state index contributed by atoms with van der Waals surface area (Å²) in [4.78, 5) is 64.7. The Morgan fingerprint density at radius 1 is 1.23 bits per heavy atom. The maximum atomic E-state index is 13.1. The fourth-order valence-corrected chi connectivity index (χ4v) is 8.62. The van der Waals surface area contributed by atoms with Gasteiger partial charge in [0.05, 0.1) is 12.1 Å². The molecular formula is C25H22N6O9S4. The van der Waals surface area contributed by atoms with Crippen molar-refractivity contribution in [2.45, 2.75) is 22.2 Å². The first-order valence-electron chi connectivity index (χ1n) is 12.4. The lowest BCUT2D eigenvalue weighted by Gasteiger charge is -2.49. The van der Waals surface area contributed by atoms with Crippen LogP contribution < -0.4 is 11.1 Å². The van der Waals surface area contributed by atoms with E-state index >= 15 is 0 Å². The first-order chi connectivity index (χ1) is 21.0. The van der Waals surface area contributed by atoms with E-state index in [0.29, 0.717) is 26.0 Å². The number of carbonyl (C=O) groups is 4. The Balaban J connectivity index is 1.33. The number of fused-ring (bicyclic) bond motifs is 1. The number of nitrogens with one attached hydrogen (secondary N) is 1. The Morgan fingerprint density at radius 3 is 2.64 bits per heavy atom. The number of nitrogen functional groups attached to an aromatic ring is 1. The maximum absolute atomic E-state index is 13.1. The van der Waals surface area contributed by atoms with E-state index in [2.05, 4.69) is 20.4 Å². The van der Waals surface area contributed by atoms with Gasteiger partial charge in [-0.2, -0.15) is 0 Å². The lowest BCUT2D eigenvalue weighted by atomic mass is 10.0. The summed E-state index contributed by atoms with van der Waals surface area (Å²) in [5, 5.41) is 46.3. The zero-order valence-electron chi connectivity index (χ0n) is 22.4. The van der Waals surface area contributed by atoms with E-state index in [1.54, 1.807) is 0 Å². The number of aromatic nitrogens is 2. The fraction of sp³-hybridized carbons (Fsp3) is 0.240. The van der Waals surface area contributed by atoms with Crippen molar-refractivity contribution in [2.24, 2.45) is 5.16 Å². The number of nitrogens with zero attached hydrogens (tertiary/aromatic N) is 4. The molecule has 5 rings (SSSR count). The summed E-state index contributed by atoms with van der Waals surface area (Å²) in [5.41, 5.74) is 6.59. The molecule has 15 nitrogen and oxygen atoms in total. The molecular weight excluding hydrogens is 657 g/mol. The molecule has 2 aliphatic heterocycles. The van der Waals surface area contributed by atoms with Crippen molar-refractivity contribution in [1.82, 2.24) is 20.2 Å². The highest BCUT2D eigenvalue weighted by Gasteiger charge is 2.54. The highest BCUT2D eigenvalue weighted by atomic mass is 32.2. The van der Waals surface area contributed by atoms with Crippen LogP contribution in [0.4, 0.5) is 5.13 Å². The predicted octanol–water partition coefficient (Wildman–Crippen LogP) is 1.77. The van der Waals surface area contributed by atoms with E-state index in [-0.39, 0.29) is 51.7 Å². The van der Waals surface area contributed by atoms with Crippen molar-refractivity contribution in [3.05, 3.63) is 45.4 Å². The third-order valence-electron chi connectivity index (χ3n) is 6.31. The van der Waals surface area contributed by atoms with Crippen molar-refractivity contribution in [3.8, 4) is 22.8 Å². The molecule has 0 radical (unpaired) electrons. The van der Waals surface area contributed by atoms with Crippen LogP contribution in [0.15, 0.2) is 44.3 Å². The second kappa shape index (κ2) is 12.7. The zero-order chi connectivity index (χ0) is 31.7. The van der Waals surface area contributed by atoms with Crippen LogP contribution in [0.2, 0.25) is 0 Å². The highest BCUT2D eigenvalue weighted by Crippen LogP contribution is 2.43. The van der Waals surface area contributed by atoms with Gasteiger partial charge in [-0.25, -0.2) is 14.8 Å². The fourth-order valence-electron chi connectivity index (χ4n) is 4.39. The molecule has 2 amide bonds. The van der Waals surface area contributed by atoms with Gasteiger partial charge in [0, 0.05) is 27.3 Å². The molecule has 230 valence electrons. The van der Waals surface area contributed by atoms with Crippen LogP contribution in [0.3, 0.4) is 0 Å². The van der Waals surface area contributed by atoms with E-state index in [0.717, 1.165) is 27.6 Å². The van der Waals surface area contributed by atoms with Gasteiger partial charge >= 0.3 is 11.9 Å². The molecule has 3 aromatic rings. The Morgan fingerprint density at radius 2 is 2.00 bits per heavy atom. The lowest BCUT2D eigenvalue weighted by Crippen LogP contribution is -2.71. The second-order valence-corrected chi connectivity index (χ2v) is 13.4. The van der Waals surface area contributed by atoms with Gasteiger partial charge in [0.1, 0.15) is 29.9 Å². The molecule has 7 N–H and O–H groups in total. The van der Waals surface area contributed by atoms with Crippen molar-refractivity contribution < 1.29 is 44.4 Å². The molecule has 2 aromatic heterocycles. The van der Waals surface area contributed by atoms with E-state index in [1.165, 1.54) is 54.2 Å². The molecule has 0 aliphatic carbocycles. The number of carboxylic acids is 2. The van der Waals surface area contributed by atoms with E-state index in [9.17, 15) is 39.6 Å². The number of phenolic OH excluding ortho intramolecular Hbond substituents is 2. The van der Waals surface area contributed by atoms with Crippen molar-refractivity contribution >= 4 is 80.8 Å². The average Bonchev–Trinajstić information content (AvgIpc) is 3.59. The third kappa shape index (κ3) is 6.16. The SMILES string of the molecule is CON=C(C(=O)N[C@@H]1C(=O)N2C(C(=O)O)=C(CSc3nc(-c4ccc(O)c(O)c4)c(CC(=O)O)s3)CS[C@H]12)c1csc(N)n1.